The van der Waals surface area contributed by atoms with Crippen LogP contribution in [0.1, 0.15) is 12.5 Å². The highest BCUT2D eigenvalue weighted by atomic mass is 35.5. The monoisotopic (exact) mass is 211 g/mol. The van der Waals surface area contributed by atoms with Crippen LogP contribution in [0.2, 0.25) is 10.3 Å². The molecule has 0 saturated carbocycles. The number of aromatic nitrogens is 1. The van der Waals surface area contributed by atoms with Crippen molar-refractivity contribution < 1.29 is 8.78 Å². The van der Waals surface area contributed by atoms with E-state index in [-0.39, 0.29) is 15.9 Å². The Hall–Kier alpha value is -0.410. The van der Waals surface area contributed by atoms with Gasteiger partial charge >= 0.3 is 0 Å². The molecule has 0 bridgehead atoms. The van der Waals surface area contributed by atoms with Crippen LogP contribution >= 0.6 is 23.2 Å². The molecule has 0 saturated heterocycles. The molecule has 1 aromatic rings. The van der Waals surface area contributed by atoms with Gasteiger partial charge in [-0.05, 0) is 12.1 Å². The minimum absolute atomic E-state index is 0.0287. The fourth-order valence-corrected chi connectivity index (χ4v) is 1.18. The van der Waals surface area contributed by atoms with Crippen molar-refractivity contribution in [1.29, 1.82) is 0 Å². The maximum absolute atomic E-state index is 12.7. The summed E-state index contributed by atoms with van der Waals surface area (Å²) in [5, 5.41) is -0.0574. The van der Waals surface area contributed by atoms with Gasteiger partial charge in [0.15, 0.2) is 0 Å². The topological polar surface area (TPSA) is 12.9 Å². The number of halogens is 4. The van der Waals surface area contributed by atoms with E-state index in [2.05, 4.69) is 4.98 Å². The van der Waals surface area contributed by atoms with Crippen molar-refractivity contribution in [3.8, 4) is 0 Å². The molecular weight excluding hydrogens is 207 g/mol. The van der Waals surface area contributed by atoms with Crippen LogP contribution in [0.4, 0.5) is 8.78 Å². The number of alkyl halides is 2. The summed E-state index contributed by atoms with van der Waals surface area (Å²) < 4.78 is 25.3. The van der Waals surface area contributed by atoms with E-state index in [0.717, 1.165) is 19.1 Å². The lowest BCUT2D eigenvalue weighted by atomic mass is 10.2. The molecule has 0 unspecified atom stereocenters. The zero-order chi connectivity index (χ0) is 9.35. The molecule has 1 aromatic heterocycles. The van der Waals surface area contributed by atoms with Gasteiger partial charge in [0, 0.05) is 12.5 Å². The third-order valence-corrected chi connectivity index (χ3v) is 1.66. The van der Waals surface area contributed by atoms with Crippen molar-refractivity contribution >= 4 is 23.2 Å². The smallest absolute Gasteiger partial charge is 0.224 e. The summed E-state index contributed by atoms with van der Waals surface area (Å²) >= 11 is 10.9. The molecule has 0 aliphatic heterocycles. The lowest BCUT2D eigenvalue weighted by Crippen LogP contribution is -2.07. The molecule has 1 nitrogen and oxygen atoms in total. The van der Waals surface area contributed by atoms with E-state index < -0.39 is 5.92 Å². The third-order valence-electron chi connectivity index (χ3n) is 1.27. The Labute approximate surface area is 78.3 Å². The van der Waals surface area contributed by atoms with Crippen LogP contribution in [-0.2, 0) is 5.92 Å². The van der Waals surface area contributed by atoms with Gasteiger partial charge in [-0.1, -0.05) is 23.2 Å². The molecule has 5 heteroatoms. The predicted molar refractivity (Wildman–Crippen MR) is 43.8 cm³/mol. The van der Waals surface area contributed by atoms with Gasteiger partial charge in [-0.3, -0.25) is 0 Å². The van der Waals surface area contributed by atoms with E-state index in [0.29, 0.717) is 0 Å². The lowest BCUT2D eigenvalue weighted by Gasteiger charge is -2.10. The van der Waals surface area contributed by atoms with Gasteiger partial charge < -0.3 is 0 Å². The summed E-state index contributed by atoms with van der Waals surface area (Å²) in [5.74, 6) is -2.93. The molecule has 0 aliphatic carbocycles. The minimum Gasteiger partial charge on any atom is -0.224 e. The number of hydrogen-bond donors (Lipinski definition) is 0. The van der Waals surface area contributed by atoms with E-state index in [1.54, 1.807) is 0 Å². The Balaban J connectivity index is 3.18. The van der Waals surface area contributed by atoms with Crippen molar-refractivity contribution in [3.05, 3.63) is 28.0 Å². The van der Waals surface area contributed by atoms with Crippen LogP contribution in [0, 0.1) is 0 Å². The van der Waals surface area contributed by atoms with Crippen LogP contribution in [0.5, 0.6) is 0 Å². The molecule has 0 aliphatic rings. The van der Waals surface area contributed by atoms with Crippen LogP contribution in [-0.4, -0.2) is 4.98 Å². The van der Waals surface area contributed by atoms with Crippen LogP contribution in [0.15, 0.2) is 12.1 Å². The molecule has 0 fully saturated rings. The largest absolute Gasteiger partial charge is 0.270 e. The maximum Gasteiger partial charge on any atom is 0.270 e. The third kappa shape index (κ3) is 2.29. The first-order chi connectivity index (χ1) is 5.39. The molecule has 0 N–H and O–H groups in total. The molecule has 0 atom stereocenters. The molecule has 0 spiro atoms. The quantitative estimate of drug-likeness (QED) is 0.649. The van der Waals surface area contributed by atoms with Gasteiger partial charge in [0.25, 0.3) is 5.92 Å². The Morgan fingerprint density at radius 3 is 2.00 bits per heavy atom. The number of nitrogens with zero attached hydrogens (tertiary/aromatic N) is 1. The highest BCUT2D eigenvalue weighted by Crippen LogP contribution is 2.29. The van der Waals surface area contributed by atoms with Gasteiger partial charge in [-0.15, -0.1) is 0 Å². The standard InChI is InChI=1S/C7H5Cl2F2N/c1-7(10,11)4-2-5(8)12-6(9)3-4/h2-3H,1H3. The lowest BCUT2D eigenvalue weighted by molar-refractivity contribution is 0.0174. The first-order valence-electron chi connectivity index (χ1n) is 3.11. The molecule has 1 heterocycles. The van der Waals surface area contributed by atoms with Crippen molar-refractivity contribution in [3.63, 3.8) is 0 Å². The fraction of sp³-hybridized carbons (Fsp3) is 0.286. The van der Waals surface area contributed by atoms with Gasteiger partial charge in [-0.25, -0.2) is 13.8 Å². The molecule has 66 valence electrons. The second-order valence-corrected chi connectivity index (χ2v) is 3.16. The average Bonchev–Trinajstić information content (AvgIpc) is 1.82. The van der Waals surface area contributed by atoms with E-state index in [9.17, 15) is 8.78 Å². The summed E-state index contributed by atoms with van der Waals surface area (Å²) in [6.07, 6.45) is 0. The Kier molecular flexibility index (Phi) is 2.54. The highest BCUT2D eigenvalue weighted by Gasteiger charge is 2.25. The molecule has 0 radical (unpaired) electrons. The van der Waals surface area contributed by atoms with Crippen LogP contribution in [0.25, 0.3) is 0 Å². The summed E-state index contributed by atoms with van der Waals surface area (Å²) in [5.41, 5.74) is -0.229. The predicted octanol–water partition coefficient (Wildman–Crippen LogP) is 3.50. The molecule has 12 heavy (non-hydrogen) atoms. The van der Waals surface area contributed by atoms with Crippen molar-refractivity contribution in [2.24, 2.45) is 0 Å². The average molecular weight is 212 g/mol. The van der Waals surface area contributed by atoms with Crippen molar-refractivity contribution in [2.45, 2.75) is 12.8 Å². The SMILES string of the molecule is CC(F)(F)c1cc(Cl)nc(Cl)c1. The molecular formula is C7H5Cl2F2N. The zero-order valence-electron chi connectivity index (χ0n) is 6.11. The van der Waals surface area contributed by atoms with E-state index >= 15 is 0 Å². The van der Waals surface area contributed by atoms with Gasteiger partial charge in [0.2, 0.25) is 0 Å². The molecule has 0 aromatic carbocycles. The Morgan fingerprint density at radius 2 is 1.67 bits per heavy atom. The Bertz CT molecular complexity index is 276. The number of pyridine rings is 1. The number of rotatable bonds is 1. The van der Waals surface area contributed by atoms with E-state index in [1.807, 2.05) is 0 Å². The summed E-state index contributed by atoms with van der Waals surface area (Å²) in [7, 11) is 0. The molecule has 1 rings (SSSR count). The Morgan fingerprint density at radius 1 is 1.25 bits per heavy atom. The zero-order valence-corrected chi connectivity index (χ0v) is 7.63. The summed E-state index contributed by atoms with van der Waals surface area (Å²) in [4.78, 5) is 3.55. The second kappa shape index (κ2) is 3.15. The first-order valence-corrected chi connectivity index (χ1v) is 3.86. The summed E-state index contributed by atoms with van der Waals surface area (Å²) in [6.45, 7) is 0.773. The van der Waals surface area contributed by atoms with Gasteiger partial charge in [0.05, 0.1) is 0 Å². The molecule has 0 amide bonds. The minimum atomic E-state index is -2.93. The summed E-state index contributed by atoms with van der Waals surface area (Å²) in [6, 6.07) is 2.18. The normalized spacial score (nSPS) is 11.8. The van der Waals surface area contributed by atoms with Crippen LogP contribution < -0.4 is 0 Å². The maximum atomic E-state index is 12.7. The van der Waals surface area contributed by atoms with E-state index in [4.69, 9.17) is 23.2 Å². The van der Waals surface area contributed by atoms with Crippen molar-refractivity contribution in [2.75, 3.05) is 0 Å². The fourth-order valence-electron chi connectivity index (χ4n) is 0.718. The highest BCUT2D eigenvalue weighted by molar-refractivity contribution is 6.32. The van der Waals surface area contributed by atoms with Crippen LogP contribution in [0.3, 0.4) is 0 Å². The van der Waals surface area contributed by atoms with E-state index in [1.165, 1.54) is 0 Å². The number of hydrogen-bond acceptors (Lipinski definition) is 1. The van der Waals surface area contributed by atoms with Gasteiger partial charge in [-0.2, -0.15) is 0 Å². The first kappa shape index (κ1) is 9.68. The van der Waals surface area contributed by atoms with Gasteiger partial charge in [0.1, 0.15) is 10.3 Å². The second-order valence-electron chi connectivity index (χ2n) is 2.39. The van der Waals surface area contributed by atoms with Crippen molar-refractivity contribution in [1.82, 2.24) is 4.98 Å².